The monoisotopic (exact) mass is 185 g/mol. The van der Waals surface area contributed by atoms with Crippen LogP contribution < -0.4 is 4.85 Å². The maximum atomic E-state index is 11.3. The van der Waals surface area contributed by atoms with E-state index in [0.717, 1.165) is 17.7 Å². The van der Waals surface area contributed by atoms with Crippen molar-refractivity contribution in [3.05, 3.63) is 52.3 Å². The number of aromatic nitrogens is 3. The van der Waals surface area contributed by atoms with Gasteiger partial charge in [0.1, 0.15) is 5.69 Å². The van der Waals surface area contributed by atoms with E-state index in [-0.39, 0.29) is 0 Å². The summed E-state index contributed by atoms with van der Waals surface area (Å²) in [5.41, 5.74) is 3.67. The molecule has 0 saturated carbocycles. The van der Waals surface area contributed by atoms with Crippen LogP contribution in [0.25, 0.3) is 6.08 Å². The van der Waals surface area contributed by atoms with Gasteiger partial charge in [0.2, 0.25) is 0 Å². The van der Waals surface area contributed by atoms with Crippen LogP contribution in [0.15, 0.2) is 35.7 Å². The minimum atomic E-state index is 0.561. The summed E-state index contributed by atoms with van der Waals surface area (Å²) in [6.07, 6.45) is 9.88. The van der Waals surface area contributed by atoms with E-state index in [1.54, 1.807) is 0 Å². The minimum absolute atomic E-state index is 0.561. The molecule has 0 saturated heterocycles. The van der Waals surface area contributed by atoms with E-state index < -0.39 is 0 Å². The minimum Gasteiger partial charge on any atom is -0.594 e. The lowest BCUT2D eigenvalue weighted by Crippen LogP contribution is -2.37. The maximum absolute atomic E-state index is 11.3. The lowest BCUT2D eigenvalue weighted by molar-refractivity contribution is -0.672. The zero-order chi connectivity index (χ0) is 9.54. The van der Waals surface area contributed by atoms with Gasteiger partial charge in [-0.1, -0.05) is 18.2 Å². The van der Waals surface area contributed by atoms with Crippen molar-refractivity contribution >= 4 is 6.08 Å². The fourth-order valence-corrected chi connectivity index (χ4v) is 1.76. The third-order valence-corrected chi connectivity index (χ3v) is 2.47. The summed E-state index contributed by atoms with van der Waals surface area (Å²) < 4.78 is 0. The highest BCUT2D eigenvalue weighted by Crippen LogP contribution is 2.28. The molecule has 0 unspecified atom stereocenters. The van der Waals surface area contributed by atoms with Gasteiger partial charge < -0.3 is 5.21 Å². The number of hydrogen-bond acceptors (Lipinski definition) is 3. The highest BCUT2D eigenvalue weighted by Gasteiger charge is 2.22. The van der Waals surface area contributed by atoms with Crippen LogP contribution in [0.4, 0.5) is 0 Å². The summed E-state index contributed by atoms with van der Waals surface area (Å²) in [6.45, 7) is 0. The van der Waals surface area contributed by atoms with Crippen molar-refractivity contribution in [2.24, 2.45) is 0 Å². The first kappa shape index (κ1) is 7.44. The first-order valence-corrected chi connectivity index (χ1v) is 4.37. The summed E-state index contributed by atoms with van der Waals surface area (Å²) in [4.78, 5) is 4.72. The van der Waals surface area contributed by atoms with Gasteiger partial charge >= 0.3 is 0 Å². The Morgan fingerprint density at radius 3 is 3.29 bits per heavy atom. The Morgan fingerprint density at radius 2 is 2.36 bits per heavy atom. The number of hydrogen-bond donors (Lipinski definition) is 0. The Balaban J connectivity index is 2.24. The molecule has 0 bridgehead atoms. The fraction of sp³-hybridized carbons (Fsp3) is 0.100. The van der Waals surface area contributed by atoms with E-state index in [1.807, 2.05) is 24.3 Å². The molecule has 1 aromatic rings. The molecule has 0 aromatic carbocycles. The fourth-order valence-electron chi connectivity index (χ4n) is 1.76. The molecule has 68 valence electrons. The van der Waals surface area contributed by atoms with Gasteiger partial charge in [0.25, 0.3) is 5.69 Å². The molecule has 0 amide bonds. The van der Waals surface area contributed by atoms with Gasteiger partial charge in [-0.25, -0.2) is 4.98 Å². The Morgan fingerprint density at radius 1 is 1.43 bits per heavy atom. The average molecular weight is 185 g/mol. The van der Waals surface area contributed by atoms with Gasteiger partial charge in [-0.3, -0.25) is 0 Å². The third kappa shape index (κ3) is 0.907. The second-order valence-corrected chi connectivity index (χ2v) is 3.29. The van der Waals surface area contributed by atoms with Crippen LogP contribution in [0.2, 0.25) is 0 Å². The van der Waals surface area contributed by atoms with Crippen molar-refractivity contribution in [3.63, 3.8) is 0 Å². The lowest BCUT2D eigenvalue weighted by atomic mass is 9.96. The second kappa shape index (κ2) is 2.51. The van der Waals surface area contributed by atoms with E-state index in [9.17, 15) is 5.21 Å². The van der Waals surface area contributed by atoms with Crippen LogP contribution in [0.1, 0.15) is 11.4 Å². The molecule has 0 aliphatic heterocycles. The summed E-state index contributed by atoms with van der Waals surface area (Å²) in [7, 11) is 0. The maximum Gasteiger partial charge on any atom is 0.267 e. The zero-order valence-electron chi connectivity index (χ0n) is 7.34. The van der Waals surface area contributed by atoms with Crippen LogP contribution >= 0.6 is 0 Å². The summed E-state index contributed by atoms with van der Waals surface area (Å²) in [5, 5.41) is 14.9. The molecule has 0 N–H and O–H groups in total. The van der Waals surface area contributed by atoms with Gasteiger partial charge in [0, 0.05) is 17.6 Å². The highest BCUT2D eigenvalue weighted by molar-refractivity contribution is 5.67. The Kier molecular flexibility index (Phi) is 1.33. The topological polar surface area (TPSA) is 52.7 Å². The van der Waals surface area contributed by atoms with Gasteiger partial charge in [0.05, 0.1) is 0 Å². The molecule has 3 rings (SSSR count). The number of rotatable bonds is 0. The summed E-state index contributed by atoms with van der Waals surface area (Å²) in [6, 6.07) is 0. The average Bonchev–Trinajstić information content (AvgIpc) is 2.62. The first-order chi connectivity index (χ1) is 6.84. The highest BCUT2D eigenvalue weighted by atomic mass is 16.5. The largest absolute Gasteiger partial charge is 0.594 e. The molecule has 0 fully saturated rings. The first-order valence-electron chi connectivity index (χ1n) is 4.37. The standard InChI is InChI=1S/C10H7N3O/c14-13-10-5-8-3-1-2-7(8)4-9(10)11-6-12-13/h1-3,5-6H,4H2. The van der Waals surface area contributed by atoms with Gasteiger partial charge in [0.15, 0.2) is 6.33 Å². The molecule has 14 heavy (non-hydrogen) atoms. The van der Waals surface area contributed by atoms with Crippen molar-refractivity contribution < 1.29 is 4.85 Å². The van der Waals surface area contributed by atoms with Crippen molar-refractivity contribution in [2.75, 3.05) is 0 Å². The zero-order valence-corrected chi connectivity index (χ0v) is 7.34. The van der Waals surface area contributed by atoms with Crippen LogP contribution in [-0.2, 0) is 6.42 Å². The van der Waals surface area contributed by atoms with Crippen LogP contribution in [0, 0.1) is 5.21 Å². The molecular weight excluding hydrogens is 178 g/mol. The van der Waals surface area contributed by atoms with Crippen LogP contribution in [-0.4, -0.2) is 10.1 Å². The quantitative estimate of drug-likeness (QED) is 0.438. The Bertz CT molecular complexity index is 500. The van der Waals surface area contributed by atoms with Gasteiger partial charge in [-0.2, -0.15) is 0 Å². The van der Waals surface area contributed by atoms with E-state index in [1.165, 1.54) is 11.9 Å². The van der Waals surface area contributed by atoms with Gasteiger partial charge in [-0.15, -0.1) is 0 Å². The van der Waals surface area contributed by atoms with Gasteiger partial charge in [-0.05, 0) is 16.0 Å². The van der Waals surface area contributed by atoms with Crippen molar-refractivity contribution in [3.8, 4) is 0 Å². The number of fused-ring (bicyclic) bond motifs is 2. The second-order valence-electron chi connectivity index (χ2n) is 3.29. The predicted molar refractivity (Wildman–Crippen MR) is 49.9 cm³/mol. The molecule has 2 aliphatic rings. The molecular formula is C10H7N3O. The summed E-state index contributed by atoms with van der Waals surface area (Å²) >= 11 is 0. The molecule has 2 aliphatic carbocycles. The molecule has 1 aromatic heterocycles. The van der Waals surface area contributed by atoms with E-state index in [4.69, 9.17) is 0 Å². The molecule has 0 spiro atoms. The van der Waals surface area contributed by atoms with Crippen molar-refractivity contribution in [1.29, 1.82) is 0 Å². The van der Waals surface area contributed by atoms with Crippen LogP contribution in [0.5, 0.6) is 0 Å². The van der Waals surface area contributed by atoms with Crippen molar-refractivity contribution in [1.82, 2.24) is 10.1 Å². The Hall–Kier alpha value is -1.97. The number of allylic oxidation sites excluding steroid dienone is 5. The predicted octanol–water partition coefficient (Wildman–Crippen LogP) is 0.546. The smallest absolute Gasteiger partial charge is 0.267 e. The van der Waals surface area contributed by atoms with E-state index in [2.05, 4.69) is 10.1 Å². The van der Waals surface area contributed by atoms with E-state index >= 15 is 0 Å². The molecule has 0 atom stereocenters. The third-order valence-electron chi connectivity index (χ3n) is 2.47. The molecule has 4 nitrogen and oxygen atoms in total. The normalized spacial score (nSPS) is 17.1. The van der Waals surface area contributed by atoms with Crippen molar-refractivity contribution in [2.45, 2.75) is 6.42 Å². The molecule has 4 heteroatoms. The summed E-state index contributed by atoms with van der Waals surface area (Å²) in [5.74, 6) is 0. The Labute approximate surface area is 80.5 Å². The SMILES string of the molecule is [O-][n+]1ncnc2c1C=C1C=CC=C1C2. The number of nitrogens with zero attached hydrogens (tertiary/aromatic N) is 3. The lowest BCUT2D eigenvalue weighted by Gasteiger charge is -2.11. The molecule has 0 radical (unpaired) electrons. The molecule has 1 heterocycles. The van der Waals surface area contributed by atoms with Crippen LogP contribution in [0.3, 0.4) is 0 Å². The van der Waals surface area contributed by atoms with E-state index in [0.29, 0.717) is 10.5 Å².